The van der Waals surface area contributed by atoms with E-state index in [9.17, 15) is 9.59 Å². The van der Waals surface area contributed by atoms with E-state index in [1.807, 2.05) is 13.0 Å². The Hall–Kier alpha value is -2.49. The van der Waals surface area contributed by atoms with E-state index in [2.05, 4.69) is 5.32 Å². The number of nitrogens with zero attached hydrogens (tertiary/aromatic N) is 2. The van der Waals surface area contributed by atoms with E-state index in [-0.39, 0.29) is 24.6 Å². The summed E-state index contributed by atoms with van der Waals surface area (Å²) in [6.07, 6.45) is 0.268. The smallest absolute Gasteiger partial charge is 0.339 e. The van der Waals surface area contributed by atoms with Crippen molar-refractivity contribution in [3.8, 4) is 6.07 Å². The molecular weight excluding hydrogens is 262 g/mol. The number of nitrogens with one attached hydrogen (secondary N) is 1. The van der Waals surface area contributed by atoms with E-state index in [0.717, 1.165) is 0 Å². The minimum Gasteiger partial charge on any atom is -0.478 e. The van der Waals surface area contributed by atoms with Crippen LogP contribution < -0.4 is 5.32 Å². The number of aromatic carboxylic acids is 1. The van der Waals surface area contributed by atoms with Crippen molar-refractivity contribution in [2.24, 2.45) is 0 Å². The lowest BCUT2D eigenvalue weighted by Gasteiger charge is -2.19. The molecule has 0 atom stereocenters. The van der Waals surface area contributed by atoms with Crippen molar-refractivity contribution >= 4 is 12.0 Å². The highest BCUT2D eigenvalue weighted by Gasteiger charge is 2.15. The fourth-order valence-electron chi connectivity index (χ4n) is 1.71. The Bertz CT molecular complexity index is 530. The van der Waals surface area contributed by atoms with Crippen LogP contribution in [0.1, 0.15) is 35.2 Å². The summed E-state index contributed by atoms with van der Waals surface area (Å²) in [5, 5.41) is 20.0. The number of carboxylic acid groups (broad SMARTS) is 1. The number of nitriles is 1. The lowest BCUT2D eigenvalue weighted by Crippen LogP contribution is -2.39. The summed E-state index contributed by atoms with van der Waals surface area (Å²) in [5.41, 5.74) is 0.0890. The number of aryl methyl sites for hydroxylation is 1. The van der Waals surface area contributed by atoms with Gasteiger partial charge in [0.1, 0.15) is 17.1 Å². The Balaban J connectivity index is 2.58. The molecule has 1 rings (SSSR count). The first-order valence-corrected chi connectivity index (χ1v) is 6.21. The largest absolute Gasteiger partial charge is 0.478 e. The second-order valence-corrected chi connectivity index (χ2v) is 4.13. The molecule has 0 fully saturated rings. The van der Waals surface area contributed by atoms with Gasteiger partial charge in [0.2, 0.25) is 0 Å². The second kappa shape index (κ2) is 7.19. The molecule has 0 aliphatic rings. The topological polar surface area (TPSA) is 107 Å². The lowest BCUT2D eigenvalue weighted by atomic mass is 10.2. The number of rotatable bonds is 6. The molecule has 108 valence electrons. The summed E-state index contributed by atoms with van der Waals surface area (Å²) < 4.78 is 5.25. The number of furan rings is 1. The minimum atomic E-state index is -1.06. The number of carboxylic acids is 1. The van der Waals surface area contributed by atoms with E-state index < -0.39 is 5.97 Å². The van der Waals surface area contributed by atoms with Crippen LogP contribution in [0.15, 0.2) is 10.5 Å². The summed E-state index contributed by atoms with van der Waals surface area (Å²) >= 11 is 0. The van der Waals surface area contributed by atoms with Crippen molar-refractivity contribution in [3.05, 3.63) is 23.2 Å². The third-order valence-electron chi connectivity index (χ3n) is 2.78. The average molecular weight is 279 g/mol. The van der Waals surface area contributed by atoms with Gasteiger partial charge >= 0.3 is 12.0 Å². The van der Waals surface area contributed by atoms with E-state index in [1.165, 1.54) is 11.0 Å². The molecule has 1 aromatic rings. The predicted octanol–water partition coefficient (Wildman–Crippen LogP) is 1.73. The van der Waals surface area contributed by atoms with Crippen LogP contribution in [0, 0.1) is 18.3 Å². The third kappa shape index (κ3) is 4.02. The maximum Gasteiger partial charge on any atom is 0.339 e. The Kier molecular flexibility index (Phi) is 5.59. The molecule has 0 radical (unpaired) electrons. The molecule has 0 aliphatic heterocycles. The molecule has 0 spiro atoms. The van der Waals surface area contributed by atoms with Gasteiger partial charge in [0.15, 0.2) is 0 Å². The summed E-state index contributed by atoms with van der Waals surface area (Å²) in [4.78, 5) is 24.2. The normalized spacial score (nSPS) is 9.85. The lowest BCUT2D eigenvalue weighted by molar-refractivity contribution is 0.0695. The maximum absolute atomic E-state index is 11.8. The number of amides is 2. The van der Waals surface area contributed by atoms with Crippen molar-refractivity contribution in [1.29, 1.82) is 5.26 Å². The Morgan fingerprint density at radius 3 is 2.75 bits per heavy atom. The molecule has 2 amide bonds. The standard InChI is InChI=1S/C13H17N3O4/c1-3-16(6-4-5-14)13(19)15-8-10-7-11(12(17)18)9(2)20-10/h7H,3-4,6,8H2,1-2H3,(H,15,19)(H,17,18). The fourth-order valence-corrected chi connectivity index (χ4v) is 1.71. The van der Waals surface area contributed by atoms with E-state index in [4.69, 9.17) is 14.8 Å². The van der Waals surface area contributed by atoms with Crippen LogP contribution in [0.5, 0.6) is 0 Å². The Morgan fingerprint density at radius 1 is 1.55 bits per heavy atom. The Morgan fingerprint density at radius 2 is 2.25 bits per heavy atom. The molecule has 0 aliphatic carbocycles. The van der Waals surface area contributed by atoms with Crippen LogP contribution >= 0.6 is 0 Å². The molecule has 2 N–H and O–H groups in total. The highest BCUT2D eigenvalue weighted by molar-refractivity contribution is 5.88. The zero-order chi connectivity index (χ0) is 15.1. The third-order valence-corrected chi connectivity index (χ3v) is 2.78. The minimum absolute atomic E-state index is 0.0890. The molecule has 0 bridgehead atoms. The first-order valence-electron chi connectivity index (χ1n) is 6.21. The van der Waals surface area contributed by atoms with Gasteiger partial charge in [0.05, 0.1) is 19.0 Å². The van der Waals surface area contributed by atoms with E-state index in [0.29, 0.717) is 24.6 Å². The van der Waals surface area contributed by atoms with Crippen LogP contribution in [0.2, 0.25) is 0 Å². The zero-order valence-electron chi connectivity index (χ0n) is 11.5. The van der Waals surface area contributed by atoms with Gasteiger partial charge in [-0.3, -0.25) is 0 Å². The van der Waals surface area contributed by atoms with Gasteiger partial charge in [0.25, 0.3) is 0 Å². The van der Waals surface area contributed by atoms with E-state index >= 15 is 0 Å². The van der Waals surface area contributed by atoms with Gasteiger partial charge in [-0.25, -0.2) is 9.59 Å². The van der Waals surface area contributed by atoms with Gasteiger partial charge < -0.3 is 19.7 Å². The molecule has 20 heavy (non-hydrogen) atoms. The first-order chi connectivity index (χ1) is 9.49. The quantitative estimate of drug-likeness (QED) is 0.824. The van der Waals surface area contributed by atoms with Crippen molar-refractivity contribution in [2.45, 2.75) is 26.8 Å². The summed E-state index contributed by atoms with van der Waals surface area (Å²) in [6, 6.07) is 3.06. The van der Waals surface area contributed by atoms with Crippen molar-refractivity contribution in [3.63, 3.8) is 0 Å². The molecule has 1 heterocycles. The molecular formula is C13H17N3O4. The average Bonchev–Trinajstić information content (AvgIpc) is 2.78. The second-order valence-electron chi connectivity index (χ2n) is 4.13. The zero-order valence-corrected chi connectivity index (χ0v) is 11.5. The van der Waals surface area contributed by atoms with Crippen LogP contribution in [-0.2, 0) is 6.54 Å². The number of hydrogen-bond acceptors (Lipinski definition) is 4. The first kappa shape index (κ1) is 15.6. The highest BCUT2D eigenvalue weighted by Crippen LogP contribution is 2.14. The highest BCUT2D eigenvalue weighted by atomic mass is 16.4. The van der Waals surface area contributed by atoms with Crippen LogP contribution in [0.4, 0.5) is 4.79 Å². The number of hydrogen-bond donors (Lipinski definition) is 2. The van der Waals surface area contributed by atoms with Crippen LogP contribution in [0.3, 0.4) is 0 Å². The summed E-state index contributed by atoms with van der Waals surface area (Å²) in [7, 11) is 0. The molecule has 0 unspecified atom stereocenters. The predicted molar refractivity (Wildman–Crippen MR) is 70.1 cm³/mol. The number of urea groups is 1. The van der Waals surface area contributed by atoms with Gasteiger partial charge in [-0.2, -0.15) is 5.26 Å². The molecule has 7 nitrogen and oxygen atoms in total. The van der Waals surface area contributed by atoms with Crippen molar-refractivity contribution < 1.29 is 19.1 Å². The number of carbonyl (C=O) groups excluding carboxylic acids is 1. The molecule has 0 saturated carbocycles. The van der Waals surface area contributed by atoms with E-state index in [1.54, 1.807) is 6.92 Å². The molecule has 0 saturated heterocycles. The molecule has 1 aromatic heterocycles. The monoisotopic (exact) mass is 279 g/mol. The Labute approximate surface area is 116 Å². The fraction of sp³-hybridized carbons (Fsp3) is 0.462. The van der Waals surface area contributed by atoms with Gasteiger partial charge in [-0.15, -0.1) is 0 Å². The summed E-state index contributed by atoms with van der Waals surface area (Å²) in [6.45, 7) is 4.33. The van der Waals surface area contributed by atoms with Gasteiger partial charge in [-0.1, -0.05) is 0 Å². The van der Waals surface area contributed by atoms with Crippen molar-refractivity contribution in [1.82, 2.24) is 10.2 Å². The number of carbonyl (C=O) groups is 2. The SMILES string of the molecule is CCN(CCC#N)C(=O)NCc1cc(C(=O)O)c(C)o1. The molecule has 7 heteroatoms. The maximum atomic E-state index is 11.8. The molecule has 0 aromatic carbocycles. The van der Waals surface area contributed by atoms with Gasteiger partial charge in [-0.05, 0) is 19.9 Å². The van der Waals surface area contributed by atoms with Crippen LogP contribution in [0.25, 0.3) is 0 Å². The van der Waals surface area contributed by atoms with Crippen molar-refractivity contribution in [2.75, 3.05) is 13.1 Å². The summed E-state index contributed by atoms with van der Waals surface area (Å²) in [5.74, 6) is -0.379. The van der Waals surface area contributed by atoms with Crippen LogP contribution in [-0.4, -0.2) is 35.1 Å². The van der Waals surface area contributed by atoms with Gasteiger partial charge in [0, 0.05) is 13.1 Å².